The third-order valence-electron chi connectivity index (χ3n) is 3.75. The molecule has 0 aromatic rings. The molecule has 0 radical (unpaired) electrons. The van der Waals surface area contributed by atoms with Gasteiger partial charge in [0.2, 0.25) is 0 Å². The Labute approximate surface area is 93.1 Å². The van der Waals surface area contributed by atoms with Gasteiger partial charge in [-0.1, -0.05) is 33.6 Å². The van der Waals surface area contributed by atoms with Crippen molar-refractivity contribution in [1.29, 1.82) is 0 Å². The molecule has 1 aliphatic carbocycles. The van der Waals surface area contributed by atoms with E-state index in [4.69, 9.17) is 0 Å². The summed E-state index contributed by atoms with van der Waals surface area (Å²) in [4.78, 5) is 11.3. The Morgan fingerprint density at radius 1 is 1.53 bits per heavy atom. The Balaban J connectivity index is 2.48. The first-order valence-electron chi connectivity index (χ1n) is 6.20. The van der Waals surface area contributed by atoms with Gasteiger partial charge in [-0.25, -0.2) is 0 Å². The van der Waals surface area contributed by atoms with Crippen LogP contribution in [0.5, 0.6) is 0 Å². The average molecular weight is 212 g/mol. The van der Waals surface area contributed by atoms with Crippen LogP contribution in [0.1, 0.15) is 59.3 Å². The minimum atomic E-state index is -0.560. The van der Waals surface area contributed by atoms with Gasteiger partial charge in [0.25, 0.3) is 0 Å². The maximum absolute atomic E-state index is 11.3. The van der Waals surface area contributed by atoms with E-state index in [1.165, 1.54) is 0 Å². The predicted molar refractivity (Wildman–Crippen MR) is 61.8 cm³/mol. The Morgan fingerprint density at radius 2 is 2.20 bits per heavy atom. The van der Waals surface area contributed by atoms with Crippen LogP contribution in [-0.2, 0) is 4.79 Å². The average Bonchev–Trinajstić information content (AvgIpc) is 2.48. The van der Waals surface area contributed by atoms with Gasteiger partial charge in [0.1, 0.15) is 0 Å². The van der Waals surface area contributed by atoms with E-state index in [2.05, 4.69) is 20.8 Å². The molecule has 0 heterocycles. The molecule has 0 aromatic carbocycles. The van der Waals surface area contributed by atoms with Crippen LogP contribution in [0.4, 0.5) is 0 Å². The second kappa shape index (κ2) is 5.00. The largest absolute Gasteiger partial charge is 0.481 e. The zero-order valence-corrected chi connectivity index (χ0v) is 10.3. The molecule has 0 aliphatic heterocycles. The van der Waals surface area contributed by atoms with Gasteiger partial charge >= 0.3 is 5.97 Å². The lowest BCUT2D eigenvalue weighted by Gasteiger charge is -2.24. The van der Waals surface area contributed by atoms with Gasteiger partial charge in [-0.15, -0.1) is 0 Å². The van der Waals surface area contributed by atoms with Gasteiger partial charge in [0.05, 0.1) is 5.41 Å². The van der Waals surface area contributed by atoms with E-state index in [-0.39, 0.29) is 5.41 Å². The van der Waals surface area contributed by atoms with Crippen molar-refractivity contribution in [3.05, 3.63) is 0 Å². The molecule has 2 unspecified atom stereocenters. The normalized spacial score (nSPS) is 31.1. The van der Waals surface area contributed by atoms with E-state index in [0.717, 1.165) is 38.5 Å². The molecule has 0 saturated heterocycles. The number of carbonyl (C=O) groups is 1. The van der Waals surface area contributed by atoms with E-state index in [0.29, 0.717) is 11.8 Å². The molecule has 0 spiro atoms. The van der Waals surface area contributed by atoms with E-state index in [1.807, 2.05) is 0 Å². The van der Waals surface area contributed by atoms with E-state index in [9.17, 15) is 9.90 Å². The molecular weight excluding hydrogens is 188 g/mol. The highest BCUT2D eigenvalue weighted by Gasteiger charge is 2.43. The molecule has 1 aliphatic rings. The number of carboxylic acids is 1. The van der Waals surface area contributed by atoms with Crippen molar-refractivity contribution in [2.24, 2.45) is 17.3 Å². The van der Waals surface area contributed by atoms with Crippen LogP contribution in [0.25, 0.3) is 0 Å². The number of rotatable bonds is 5. The van der Waals surface area contributed by atoms with Crippen molar-refractivity contribution in [3.63, 3.8) is 0 Å². The van der Waals surface area contributed by atoms with E-state index < -0.39 is 5.97 Å². The molecule has 1 N–H and O–H groups in total. The molecule has 2 heteroatoms. The lowest BCUT2D eigenvalue weighted by molar-refractivity contribution is -0.149. The van der Waals surface area contributed by atoms with Gasteiger partial charge in [-0.05, 0) is 37.5 Å². The van der Waals surface area contributed by atoms with Crippen LogP contribution < -0.4 is 0 Å². The maximum Gasteiger partial charge on any atom is 0.309 e. The molecule has 88 valence electrons. The van der Waals surface area contributed by atoms with Gasteiger partial charge in [0, 0.05) is 0 Å². The Bertz CT molecular complexity index is 223. The number of aliphatic carboxylic acids is 1. The molecule has 2 nitrogen and oxygen atoms in total. The van der Waals surface area contributed by atoms with Crippen molar-refractivity contribution in [3.8, 4) is 0 Å². The van der Waals surface area contributed by atoms with Crippen LogP contribution >= 0.6 is 0 Å². The summed E-state index contributed by atoms with van der Waals surface area (Å²) in [5.41, 5.74) is -0.381. The molecule has 0 aromatic heterocycles. The highest BCUT2D eigenvalue weighted by atomic mass is 16.4. The molecule has 15 heavy (non-hydrogen) atoms. The summed E-state index contributed by atoms with van der Waals surface area (Å²) in [5.74, 6) is 0.727. The van der Waals surface area contributed by atoms with Crippen LogP contribution in [0.15, 0.2) is 0 Å². The summed E-state index contributed by atoms with van der Waals surface area (Å²) in [6.45, 7) is 6.57. The lowest BCUT2D eigenvalue weighted by atomic mass is 9.80. The van der Waals surface area contributed by atoms with Gasteiger partial charge in [-0.3, -0.25) is 4.79 Å². The Kier molecular flexibility index (Phi) is 4.18. The topological polar surface area (TPSA) is 37.3 Å². The van der Waals surface area contributed by atoms with Crippen LogP contribution in [0.2, 0.25) is 0 Å². The number of carboxylic acid groups (broad SMARTS) is 1. The van der Waals surface area contributed by atoms with Crippen LogP contribution in [0, 0.1) is 17.3 Å². The minimum absolute atomic E-state index is 0.381. The van der Waals surface area contributed by atoms with Gasteiger partial charge in [-0.2, -0.15) is 0 Å². The monoisotopic (exact) mass is 212 g/mol. The highest BCUT2D eigenvalue weighted by molar-refractivity contribution is 5.75. The fourth-order valence-electron chi connectivity index (χ4n) is 2.77. The predicted octanol–water partition coefficient (Wildman–Crippen LogP) is 3.70. The molecule has 0 amide bonds. The van der Waals surface area contributed by atoms with Crippen molar-refractivity contribution in [2.75, 3.05) is 0 Å². The second-order valence-corrected chi connectivity index (χ2v) is 5.72. The first kappa shape index (κ1) is 12.5. The summed E-state index contributed by atoms with van der Waals surface area (Å²) >= 11 is 0. The molecule has 0 bridgehead atoms. The molecule has 1 rings (SSSR count). The van der Waals surface area contributed by atoms with Gasteiger partial charge in [0.15, 0.2) is 0 Å². The van der Waals surface area contributed by atoms with Gasteiger partial charge < -0.3 is 5.11 Å². The smallest absolute Gasteiger partial charge is 0.309 e. The SMILES string of the molecule is CC(C)CCCC1(C(=O)O)CCC(C)C1. The lowest BCUT2D eigenvalue weighted by Crippen LogP contribution is -2.28. The first-order chi connectivity index (χ1) is 6.96. The first-order valence-corrected chi connectivity index (χ1v) is 6.20. The fraction of sp³-hybridized carbons (Fsp3) is 0.923. The zero-order valence-electron chi connectivity index (χ0n) is 10.3. The van der Waals surface area contributed by atoms with Crippen molar-refractivity contribution < 1.29 is 9.90 Å². The summed E-state index contributed by atoms with van der Waals surface area (Å²) in [7, 11) is 0. The summed E-state index contributed by atoms with van der Waals surface area (Å²) in [5, 5.41) is 9.35. The standard InChI is InChI=1S/C13H24O2/c1-10(2)5-4-7-13(12(14)15)8-6-11(3)9-13/h10-11H,4-9H2,1-3H3,(H,14,15). The quantitative estimate of drug-likeness (QED) is 0.754. The summed E-state index contributed by atoms with van der Waals surface area (Å²) in [6, 6.07) is 0. The Hall–Kier alpha value is -0.530. The second-order valence-electron chi connectivity index (χ2n) is 5.72. The zero-order chi connectivity index (χ0) is 11.5. The van der Waals surface area contributed by atoms with Crippen LogP contribution in [0.3, 0.4) is 0 Å². The molecule has 1 fully saturated rings. The van der Waals surface area contributed by atoms with E-state index in [1.54, 1.807) is 0 Å². The molecular formula is C13H24O2. The minimum Gasteiger partial charge on any atom is -0.481 e. The highest BCUT2D eigenvalue weighted by Crippen LogP contribution is 2.45. The van der Waals surface area contributed by atoms with Crippen LogP contribution in [-0.4, -0.2) is 11.1 Å². The third-order valence-corrected chi connectivity index (χ3v) is 3.75. The summed E-state index contributed by atoms with van der Waals surface area (Å²) < 4.78 is 0. The molecule has 1 saturated carbocycles. The van der Waals surface area contributed by atoms with Crippen molar-refractivity contribution in [1.82, 2.24) is 0 Å². The summed E-state index contributed by atoms with van der Waals surface area (Å²) in [6.07, 6.45) is 5.97. The number of hydrogen-bond donors (Lipinski definition) is 1. The third kappa shape index (κ3) is 3.22. The van der Waals surface area contributed by atoms with Crippen molar-refractivity contribution >= 4 is 5.97 Å². The number of hydrogen-bond acceptors (Lipinski definition) is 1. The molecule has 2 atom stereocenters. The Morgan fingerprint density at radius 3 is 2.60 bits per heavy atom. The fourth-order valence-corrected chi connectivity index (χ4v) is 2.77. The maximum atomic E-state index is 11.3. The van der Waals surface area contributed by atoms with Crippen molar-refractivity contribution in [2.45, 2.75) is 59.3 Å². The van der Waals surface area contributed by atoms with E-state index >= 15 is 0 Å².